The monoisotopic (exact) mass is 340 g/mol. The number of nitrogens with one attached hydrogen (secondary N) is 1. The molecule has 0 aliphatic heterocycles. The van der Waals surface area contributed by atoms with Gasteiger partial charge in [-0.3, -0.25) is 10.1 Å². The van der Waals surface area contributed by atoms with Gasteiger partial charge in [-0.05, 0) is 43.4 Å². The molecule has 0 aromatic heterocycles. The molecule has 2 rings (SSSR count). The summed E-state index contributed by atoms with van der Waals surface area (Å²) in [5.41, 5.74) is 0.936. The highest BCUT2D eigenvalue weighted by atomic mass is 79.9. The second-order valence-corrected chi connectivity index (χ2v) is 6.71. The molecular weight excluding hydrogens is 320 g/mol. The van der Waals surface area contributed by atoms with Gasteiger partial charge in [0.05, 0.1) is 4.92 Å². The maximum atomic E-state index is 11.0. The third-order valence-electron chi connectivity index (χ3n) is 4.03. The highest BCUT2D eigenvalue weighted by Crippen LogP contribution is 2.28. The van der Waals surface area contributed by atoms with Gasteiger partial charge >= 0.3 is 0 Å². The first-order valence-corrected chi connectivity index (χ1v) is 7.99. The van der Waals surface area contributed by atoms with Crippen LogP contribution >= 0.6 is 15.9 Å². The highest BCUT2D eigenvalue weighted by molar-refractivity contribution is 9.10. The lowest BCUT2D eigenvalue weighted by Crippen LogP contribution is -2.26. The van der Waals surface area contributed by atoms with Gasteiger partial charge < -0.3 is 5.32 Å². The van der Waals surface area contributed by atoms with E-state index in [4.69, 9.17) is 0 Å². The highest BCUT2D eigenvalue weighted by Gasteiger charge is 2.19. The molecule has 2 atom stereocenters. The zero-order chi connectivity index (χ0) is 14.5. The van der Waals surface area contributed by atoms with E-state index in [1.807, 2.05) is 6.07 Å². The second kappa shape index (κ2) is 7.18. The Hall–Kier alpha value is -0.940. The Balaban J connectivity index is 1.90. The minimum atomic E-state index is -0.313. The van der Waals surface area contributed by atoms with Gasteiger partial charge in [-0.15, -0.1) is 0 Å². The summed E-state index contributed by atoms with van der Waals surface area (Å²) in [6.45, 7) is 3.82. The van der Waals surface area contributed by atoms with Crippen LogP contribution in [0, 0.1) is 22.0 Å². The van der Waals surface area contributed by atoms with E-state index in [9.17, 15) is 10.1 Å². The van der Waals surface area contributed by atoms with Gasteiger partial charge in [-0.25, -0.2) is 0 Å². The molecule has 1 saturated carbocycles. The Morgan fingerprint density at radius 3 is 2.95 bits per heavy atom. The predicted molar refractivity (Wildman–Crippen MR) is 83.6 cm³/mol. The summed E-state index contributed by atoms with van der Waals surface area (Å²) in [5, 5.41) is 14.4. The van der Waals surface area contributed by atoms with Gasteiger partial charge in [0.25, 0.3) is 5.69 Å². The van der Waals surface area contributed by atoms with Crippen LogP contribution in [-0.2, 0) is 6.54 Å². The molecular formula is C15H21BrN2O2. The molecule has 0 spiro atoms. The first kappa shape index (κ1) is 15.4. The fourth-order valence-electron chi connectivity index (χ4n) is 3.03. The van der Waals surface area contributed by atoms with Crippen molar-refractivity contribution < 1.29 is 4.92 Å². The maximum absolute atomic E-state index is 11.0. The first-order chi connectivity index (χ1) is 9.56. The molecule has 0 saturated heterocycles. The molecule has 0 radical (unpaired) electrons. The second-order valence-electron chi connectivity index (χ2n) is 5.80. The summed E-state index contributed by atoms with van der Waals surface area (Å²) < 4.78 is 0.881. The molecule has 1 aliphatic rings. The van der Waals surface area contributed by atoms with E-state index in [-0.39, 0.29) is 10.6 Å². The fourth-order valence-corrected chi connectivity index (χ4v) is 3.44. The minimum absolute atomic E-state index is 0.192. The van der Waals surface area contributed by atoms with Crippen LogP contribution in [0.15, 0.2) is 22.7 Å². The molecule has 1 N–H and O–H groups in total. The van der Waals surface area contributed by atoms with Crippen LogP contribution in [0.5, 0.6) is 0 Å². The molecule has 1 aromatic rings. The molecule has 1 fully saturated rings. The number of benzene rings is 1. The predicted octanol–water partition coefficient (Wildman–Crippen LogP) is 4.27. The van der Waals surface area contributed by atoms with Crippen molar-refractivity contribution in [2.45, 2.75) is 39.2 Å². The van der Waals surface area contributed by atoms with Crippen molar-refractivity contribution in [3.05, 3.63) is 38.3 Å². The Kier molecular flexibility index (Phi) is 5.54. The van der Waals surface area contributed by atoms with Crippen molar-refractivity contribution >= 4 is 21.6 Å². The Morgan fingerprint density at radius 1 is 1.45 bits per heavy atom. The molecule has 2 unspecified atom stereocenters. The van der Waals surface area contributed by atoms with E-state index in [0.29, 0.717) is 12.5 Å². The molecule has 4 nitrogen and oxygen atoms in total. The van der Waals surface area contributed by atoms with Crippen molar-refractivity contribution in [2.75, 3.05) is 6.54 Å². The number of halogens is 1. The number of nitro groups is 1. The average molecular weight is 341 g/mol. The topological polar surface area (TPSA) is 55.2 Å². The molecule has 110 valence electrons. The van der Waals surface area contributed by atoms with Gasteiger partial charge in [0.2, 0.25) is 0 Å². The number of rotatable bonds is 5. The lowest BCUT2D eigenvalue weighted by molar-refractivity contribution is -0.385. The Morgan fingerprint density at radius 2 is 2.25 bits per heavy atom. The summed E-state index contributed by atoms with van der Waals surface area (Å²) in [6, 6.07) is 5.10. The van der Waals surface area contributed by atoms with E-state index < -0.39 is 0 Å². The van der Waals surface area contributed by atoms with E-state index in [0.717, 1.165) is 22.5 Å². The van der Waals surface area contributed by atoms with Crippen LogP contribution in [0.1, 0.15) is 38.2 Å². The van der Waals surface area contributed by atoms with E-state index >= 15 is 0 Å². The van der Waals surface area contributed by atoms with Crippen molar-refractivity contribution in [1.82, 2.24) is 5.32 Å². The summed E-state index contributed by atoms with van der Waals surface area (Å²) >= 11 is 3.37. The standard InChI is InChI=1S/C15H21BrN2O2/c1-11-3-2-4-12(7-11)9-17-10-13-8-14(16)5-6-15(13)18(19)20/h5-6,8,11-12,17H,2-4,7,9-10H2,1H3. The summed E-state index contributed by atoms with van der Waals surface area (Å²) in [6.07, 6.45) is 5.20. The molecule has 5 heteroatoms. The number of nitro benzene ring substituents is 1. The van der Waals surface area contributed by atoms with Gasteiger partial charge in [0.1, 0.15) is 0 Å². The van der Waals surface area contributed by atoms with Crippen molar-refractivity contribution in [1.29, 1.82) is 0 Å². The van der Waals surface area contributed by atoms with E-state index in [1.165, 1.54) is 25.7 Å². The summed E-state index contributed by atoms with van der Waals surface area (Å²) in [7, 11) is 0. The first-order valence-electron chi connectivity index (χ1n) is 7.20. The fraction of sp³-hybridized carbons (Fsp3) is 0.600. The third kappa shape index (κ3) is 4.28. The maximum Gasteiger partial charge on any atom is 0.273 e. The van der Waals surface area contributed by atoms with Gasteiger partial charge in [-0.2, -0.15) is 0 Å². The lowest BCUT2D eigenvalue weighted by atomic mass is 9.82. The van der Waals surface area contributed by atoms with E-state index in [2.05, 4.69) is 28.2 Å². The van der Waals surface area contributed by atoms with Crippen LogP contribution in [0.4, 0.5) is 5.69 Å². The lowest BCUT2D eigenvalue weighted by Gasteiger charge is -2.26. The number of nitrogens with zero attached hydrogens (tertiary/aromatic N) is 1. The summed E-state index contributed by atoms with van der Waals surface area (Å²) in [5.74, 6) is 1.53. The zero-order valence-corrected chi connectivity index (χ0v) is 13.4. The SMILES string of the molecule is CC1CCCC(CNCc2cc(Br)ccc2[N+](=O)[O-])C1. The van der Waals surface area contributed by atoms with Gasteiger partial charge in [-0.1, -0.05) is 35.7 Å². The average Bonchev–Trinajstić information content (AvgIpc) is 2.38. The van der Waals surface area contributed by atoms with Crippen LogP contribution in [0.25, 0.3) is 0 Å². The van der Waals surface area contributed by atoms with E-state index in [1.54, 1.807) is 12.1 Å². The van der Waals surface area contributed by atoms with Crippen LogP contribution in [0.3, 0.4) is 0 Å². The smallest absolute Gasteiger partial charge is 0.273 e. The quantitative estimate of drug-likeness (QED) is 0.643. The molecule has 1 aliphatic carbocycles. The van der Waals surface area contributed by atoms with Crippen LogP contribution < -0.4 is 5.32 Å². The number of hydrogen-bond donors (Lipinski definition) is 1. The molecule has 0 amide bonds. The van der Waals surface area contributed by atoms with Crippen molar-refractivity contribution in [2.24, 2.45) is 11.8 Å². The molecule has 0 bridgehead atoms. The third-order valence-corrected chi connectivity index (χ3v) is 4.52. The number of hydrogen-bond acceptors (Lipinski definition) is 3. The minimum Gasteiger partial charge on any atom is -0.312 e. The normalized spacial score (nSPS) is 22.7. The van der Waals surface area contributed by atoms with Crippen molar-refractivity contribution in [3.8, 4) is 0 Å². The molecule has 1 aromatic carbocycles. The largest absolute Gasteiger partial charge is 0.312 e. The summed E-state index contributed by atoms with van der Waals surface area (Å²) in [4.78, 5) is 10.7. The zero-order valence-electron chi connectivity index (χ0n) is 11.8. The van der Waals surface area contributed by atoms with Crippen molar-refractivity contribution in [3.63, 3.8) is 0 Å². The Labute approximate surface area is 128 Å². The molecule has 20 heavy (non-hydrogen) atoms. The van der Waals surface area contributed by atoms with Gasteiger partial charge in [0, 0.05) is 22.6 Å². The van der Waals surface area contributed by atoms with Crippen LogP contribution in [-0.4, -0.2) is 11.5 Å². The van der Waals surface area contributed by atoms with Crippen LogP contribution in [0.2, 0.25) is 0 Å². The van der Waals surface area contributed by atoms with Gasteiger partial charge in [0.15, 0.2) is 0 Å². The Bertz CT molecular complexity index is 479. The molecule has 0 heterocycles.